The van der Waals surface area contributed by atoms with Gasteiger partial charge in [0.05, 0.1) is 5.92 Å². The van der Waals surface area contributed by atoms with Crippen LogP contribution in [0.15, 0.2) is 0 Å². The molecule has 0 aromatic heterocycles. The Balaban J connectivity index is 1.22. The number of hydrogen-bond acceptors (Lipinski definition) is 3. The van der Waals surface area contributed by atoms with Crippen LogP contribution in [0.1, 0.15) is 51.4 Å². The fourth-order valence-corrected chi connectivity index (χ4v) is 4.67. The summed E-state index contributed by atoms with van der Waals surface area (Å²) in [5.41, 5.74) is 0. The SMILES string of the molecule is O=C(NC[C@H]1CCN(C2CC2)C1)[C@H]1CC(=O)N(C2CCCC2)C1. The van der Waals surface area contributed by atoms with E-state index in [9.17, 15) is 9.59 Å². The molecule has 1 N–H and O–H groups in total. The van der Waals surface area contributed by atoms with Gasteiger partial charge in [-0.25, -0.2) is 0 Å². The van der Waals surface area contributed by atoms with Crippen LogP contribution in [-0.2, 0) is 9.59 Å². The predicted octanol–water partition coefficient (Wildman–Crippen LogP) is 1.38. The van der Waals surface area contributed by atoms with Gasteiger partial charge in [-0.3, -0.25) is 9.59 Å². The molecule has 5 nitrogen and oxygen atoms in total. The molecule has 0 unspecified atom stereocenters. The van der Waals surface area contributed by atoms with Crippen molar-refractivity contribution in [2.45, 2.75) is 63.5 Å². The van der Waals surface area contributed by atoms with Crippen molar-refractivity contribution in [3.05, 3.63) is 0 Å². The number of amides is 2. The van der Waals surface area contributed by atoms with E-state index >= 15 is 0 Å². The average Bonchev–Trinajstić information content (AvgIpc) is 2.95. The van der Waals surface area contributed by atoms with Crippen molar-refractivity contribution in [1.29, 1.82) is 0 Å². The highest BCUT2D eigenvalue weighted by atomic mass is 16.2. The van der Waals surface area contributed by atoms with E-state index in [1.165, 1.54) is 38.6 Å². The third-order valence-electron chi connectivity index (χ3n) is 6.24. The van der Waals surface area contributed by atoms with Crippen molar-refractivity contribution in [3.8, 4) is 0 Å². The predicted molar refractivity (Wildman–Crippen MR) is 87.8 cm³/mol. The number of hydrogen-bond donors (Lipinski definition) is 1. The van der Waals surface area contributed by atoms with Crippen molar-refractivity contribution in [3.63, 3.8) is 0 Å². The molecule has 2 saturated heterocycles. The minimum atomic E-state index is -0.121. The summed E-state index contributed by atoms with van der Waals surface area (Å²) in [6.45, 7) is 3.77. The van der Waals surface area contributed by atoms with Gasteiger partial charge < -0.3 is 15.1 Å². The normalized spacial score (nSPS) is 32.9. The third-order valence-corrected chi connectivity index (χ3v) is 6.24. The summed E-state index contributed by atoms with van der Waals surface area (Å²) in [5.74, 6) is 0.771. The van der Waals surface area contributed by atoms with E-state index in [0.29, 0.717) is 24.9 Å². The molecular formula is C18H29N3O2. The Bertz CT molecular complexity index is 471. The summed E-state index contributed by atoms with van der Waals surface area (Å²) >= 11 is 0. The van der Waals surface area contributed by atoms with E-state index in [1.807, 2.05) is 4.90 Å². The van der Waals surface area contributed by atoms with Crippen LogP contribution in [0.4, 0.5) is 0 Å². The van der Waals surface area contributed by atoms with Gasteiger partial charge in [0.15, 0.2) is 0 Å². The standard InChI is InChI=1S/C18H29N3O2/c22-17-9-14(12-21(17)16-3-1-2-4-16)18(23)19-10-13-7-8-20(11-13)15-5-6-15/h13-16H,1-12H2,(H,19,23)/t13-,14+/m1/s1. The second-order valence-electron chi connectivity index (χ2n) is 8.01. The summed E-state index contributed by atoms with van der Waals surface area (Å²) in [7, 11) is 0. The van der Waals surface area contributed by atoms with Crippen molar-refractivity contribution in [1.82, 2.24) is 15.1 Å². The van der Waals surface area contributed by atoms with Crippen molar-refractivity contribution in [2.75, 3.05) is 26.2 Å². The Hall–Kier alpha value is -1.10. The van der Waals surface area contributed by atoms with E-state index in [4.69, 9.17) is 0 Å². The van der Waals surface area contributed by atoms with Crippen LogP contribution < -0.4 is 5.32 Å². The molecule has 0 aromatic carbocycles. The van der Waals surface area contributed by atoms with Crippen molar-refractivity contribution >= 4 is 11.8 Å². The molecule has 0 radical (unpaired) electrons. The van der Waals surface area contributed by atoms with Crippen LogP contribution in [0, 0.1) is 11.8 Å². The zero-order valence-electron chi connectivity index (χ0n) is 14.0. The summed E-state index contributed by atoms with van der Waals surface area (Å²) in [4.78, 5) is 29.2. The summed E-state index contributed by atoms with van der Waals surface area (Å²) in [6.07, 6.45) is 9.05. The highest BCUT2D eigenvalue weighted by molar-refractivity contribution is 5.89. The maximum Gasteiger partial charge on any atom is 0.225 e. The van der Waals surface area contributed by atoms with Gasteiger partial charge >= 0.3 is 0 Å². The molecule has 2 aliphatic carbocycles. The van der Waals surface area contributed by atoms with Crippen molar-refractivity contribution < 1.29 is 9.59 Å². The maximum absolute atomic E-state index is 12.4. The van der Waals surface area contributed by atoms with Gasteiger partial charge in [-0.05, 0) is 44.6 Å². The second kappa shape index (κ2) is 6.42. The molecule has 0 bridgehead atoms. The third kappa shape index (κ3) is 3.39. The second-order valence-corrected chi connectivity index (χ2v) is 8.01. The van der Waals surface area contributed by atoms with Gasteiger partial charge in [0.1, 0.15) is 0 Å². The largest absolute Gasteiger partial charge is 0.355 e. The number of nitrogens with one attached hydrogen (secondary N) is 1. The highest BCUT2D eigenvalue weighted by Gasteiger charge is 2.39. The quantitative estimate of drug-likeness (QED) is 0.833. The lowest BCUT2D eigenvalue weighted by atomic mass is 10.1. The fourth-order valence-electron chi connectivity index (χ4n) is 4.67. The summed E-state index contributed by atoms with van der Waals surface area (Å²) < 4.78 is 0. The van der Waals surface area contributed by atoms with E-state index in [1.54, 1.807) is 0 Å². The molecule has 2 heterocycles. The lowest BCUT2D eigenvalue weighted by Crippen LogP contribution is -2.38. The fraction of sp³-hybridized carbons (Fsp3) is 0.889. The Morgan fingerprint density at radius 2 is 1.83 bits per heavy atom. The Labute approximate surface area is 138 Å². The minimum Gasteiger partial charge on any atom is -0.355 e. The zero-order chi connectivity index (χ0) is 15.8. The highest BCUT2D eigenvalue weighted by Crippen LogP contribution is 2.32. The molecule has 2 amide bonds. The Morgan fingerprint density at radius 1 is 1.04 bits per heavy atom. The molecule has 23 heavy (non-hydrogen) atoms. The molecule has 2 aliphatic heterocycles. The van der Waals surface area contributed by atoms with E-state index in [-0.39, 0.29) is 17.7 Å². The first-order valence-corrected chi connectivity index (χ1v) is 9.52. The van der Waals surface area contributed by atoms with Crippen molar-refractivity contribution in [2.24, 2.45) is 11.8 Å². The van der Waals surface area contributed by atoms with E-state index < -0.39 is 0 Å². The molecule has 128 valence electrons. The van der Waals surface area contributed by atoms with Crippen LogP contribution in [-0.4, -0.2) is 59.9 Å². The summed E-state index contributed by atoms with van der Waals surface area (Å²) in [6, 6.07) is 1.24. The van der Waals surface area contributed by atoms with Crippen LogP contribution in [0.5, 0.6) is 0 Å². The average molecular weight is 319 g/mol. The number of carbonyl (C=O) groups is 2. The van der Waals surface area contributed by atoms with Gasteiger partial charge in [-0.2, -0.15) is 0 Å². The molecular weight excluding hydrogens is 290 g/mol. The van der Waals surface area contributed by atoms with E-state index in [0.717, 1.165) is 32.0 Å². The molecule has 2 saturated carbocycles. The lowest BCUT2D eigenvalue weighted by Gasteiger charge is -2.24. The molecule has 2 atom stereocenters. The molecule has 4 rings (SSSR count). The molecule has 4 aliphatic rings. The number of nitrogens with zero attached hydrogens (tertiary/aromatic N) is 2. The smallest absolute Gasteiger partial charge is 0.225 e. The molecule has 4 fully saturated rings. The maximum atomic E-state index is 12.4. The Morgan fingerprint density at radius 3 is 2.57 bits per heavy atom. The monoisotopic (exact) mass is 319 g/mol. The van der Waals surface area contributed by atoms with Crippen LogP contribution in [0.2, 0.25) is 0 Å². The first-order chi connectivity index (χ1) is 11.2. The van der Waals surface area contributed by atoms with Crippen LogP contribution >= 0.6 is 0 Å². The molecule has 0 aromatic rings. The molecule has 5 heteroatoms. The first-order valence-electron chi connectivity index (χ1n) is 9.52. The summed E-state index contributed by atoms with van der Waals surface area (Å²) in [5, 5.41) is 3.13. The van der Waals surface area contributed by atoms with Gasteiger partial charge in [-0.15, -0.1) is 0 Å². The topological polar surface area (TPSA) is 52.7 Å². The van der Waals surface area contributed by atoms with Gasteiger partial charge in [-0.1, -0.05) is 12.8 Å². The number of carbonyl (C=O) groups excluding carboxylic acids is 2. The van der Waals surface area contributed by atoms with E-state index in [2.05, 4.69) is 10.2 Å². The first kappa shape index (κ1) is 15.4. The number of likely N-dealkylation sites (tertiary alicyclic amines) is 2. The van der Waals surface area contributed by atoms with Crippen LogP contribution in [0.25, 0.3) is 0 Å². The Kier molecular flexibility index (Phi) is 4.31. The number of rotatable bonds is 5. The molecule has 0 spiro atoms. The van der Waals surface area contributed by atoms with Gasteiger partial charge in [0, 0.05) is 38.1 Å². The van der Waals surface area contributed by atoms with Gasteiger partial charge in [0.2, 0.25) is 11.8 Å². The minimum absolute atomic E-state index is 0.101. The lowest BCUT2D eigenvalue weighted by molar-refractivity contribution is -0.130. The van der Waals surface area contributed by atoms with Crippen LogP contribution in [0.3, 0.4) is 0 Å². The van der Waals surface area contributed by atoms with Gasteiger partial charge in [0.25, 0.3) is 0 Å². The zero-order valence-corrected chi connectivity index (χ0v) is 14.0.